The van der Waals surface area contributed by atoms with Gasteiger partial charge < -0.3 is 9.84 Å². The number of amides is 1. The van der Waals surface area contributed by atoms with Gasteiger partial charge in [0.15, 0.2) is 5.82 Å². The summed E-state index contributed by atoms with van der Waals surface area (Å²) in [6, 6.07) is 3.31. The fraction of sp³-hybridized carbons (Fsp3) is 0.611. The molecule has 28 heavy (non-hydrogen) atoms. The van der Waals surface area contributed by atoms with E-state index >= 15 is 0 Å². The summed E-state index contributed by atoms with van der Waals surface area (Å²) < 4.78 is 33.0. The second-order valence-corrected chi connectivity index (χ2v) is 10.3. The molecule has 1 fully saturated rings. The molecule has 0 bridgehead atoms. The molecule has 8 nitrogen and oxygen atoms in total. The van der Waals surface area contributed by atoms with Crippen LogP contribution in [0.25, 0.3) is 0 Å². The highest BCUT2D eigenvalue weighted by Crippen LogP contribution is 2.27. The van der Waals surface area contributed by atoms with Crippen molar-refractivity contribution < 1.29 is 17.7 Å². The highest BCUT2D eigenvalue weighted by Gasteiger charge is 2.27. The van der Waals surface area contributed by atoms with E-state index in [9.17, 15) is 13.2 Å². The van der Waals surface area contributed by atoms with Crippen molar-refractivity contribution in [2.45, 2.75) is 55.6 Å². The molecule has 1 amide bonds. The molecule has 0 saturated carbocycles. The Balaban J connectivity index is 1.76. The lowest BCUT2D eigenvalue weighted by Crippen LogP contribution is -2.35. The first kappa shape index (κ1) is 20.9. The van der Waals surface area contributed by atoms with E-state index in [4.69, 9.17) is 4.52 Å². The van der Waals surface area contributed by atoms with Crippen LogP contribution in [0.2, 0.25) is 0 Å². The van der Waals surface area contributed by atoms with Gasteiger partial charge in [-0.05, 0) is 30.7 Å². The van der Waals surface area contributed by atoms with Gasteiger partial charge in [0, 0.05) is 37.9 Å². The number of carbonyl (C=O) groups is 1. The molecule has 1 aliphatic rings. The van der Waals surface area contributed by atoms with Crippen LogP contribution in [-0.2, 0) is 14.8 Å². The maximum atomic E-state index is 12.9. The molecule has 0 aliphatic carbocycles. The van der Waals surface area contributed by atoms with Gasteiger partial charge in [-0.3, -0.25) is 4.79 Å². The monoisotopic (exact) mass is 426 g/mol. The molecule has 1 saturated heterocycles. The number of hydrogen-bond acceptors (Lipinski definition) is 7. The lowest BCUT2D eigenvalue weighted by atomic mass is 9.99. The summed E-state index contributed by atoms with van der Waals surface area (Å²) in [6.45, 7) is 5.03. The molecule has 0 radical (unpaired) electrons. The van der Waals surface area contributed by atoms with Gasteiger partial charge in [-0.1, -0.05) is 25.1 Å². The van der Waals surface area contributed by atoms with Gasteiger partial charge in [0.2, 0.25) is 11.8 Å². The van der Waals surface area contributed by atoms with E-state index in [1.54, 1.807) is 17.5 Å². The number of carbonyl (C=O) groups excluding carboxylic acids is 1. The van der Waals surface area contributed by atoms with Crippen LogP contribution in [0, 0.1) is 0 Å². The smallest absolute Gasteiger partial charge is 0.252 e. The molecule has 2 aromatic rings. The molecule has 10 heteroatoms. The average molecular weight is 427 g/mol. The molecule has 1 atom stereocenters. The lowest BCUT2D eigenvalue weighted by Gasteiger charge is -2.21. The Hall–Kier alpha value is -1.78. The third kappa shape index (κ3) is 4.98. The first-order chi connectivity index (χ1) is 13.4. The Morgan fingerprint density at radius 3 is 2.82 bits per heavy atom. The van der Waals surface area contributed by atoms with E-state index in [0.717, 1.165) is 0 Å². The molecule has 0 spiro atoms. The summed E-state index contributed by atoms with van der Waals surface area (Å²) in [4.78, 5) is 16.6. The maximum Gasteiger partial charge on any atom is 0.252 e. The molecule has 3 heterocycles. The van der Waals surface area contributed by atoms with Crippen molar-refractivity contribution in [2.75, 3.05) is 19.6 Å². The van der Waals surface area contributed by atoms with Crippen molar-refractivity contribution in [3.8, 4) is 0 Å². The minimum atomic E-state index is -3.59. The molecular formula is C18H26N4O4S2. The SMILES string of the molecule is CC(C)c1noc(C2CCCN(S(=O)(=O)c3cccs3)CCC(=O)NCC2)n1. The average Bonchev–Trinajstić information content (AvgIpc) is 3.33. The first-order valence-corrected chi connectivity index (χ1v) is 11.8. The van der Waals surface area contributed by atoms with Gasteiger partial charge >= 0.3 is 0 Å². The third-order valence-corrected chi connectivity index (χ3v) is 8.05. The second-order valence-electron chi connectivity index (χ2n) is 7.21. The number of rotatable bonds is 4. The highest BCUT2D eigenvalue weighted by molar-refractivity contribution is 7.91. The Bertz CT molecular complexity index is 877. The van der Waals surface area contributed by atoms with Gasteiger partial charge in [0.05, 0.1) is 0 Å². The number of aromatic nitrogens is 2. The van der Waals surface area contributed by atoms with E-state index in [1.807, 2.05) is 13.8 Å². The zero-order valence-electron chi connectivity index (χ0n) is 16.1. The second kappa shape index (κ2) is 9.15. The predicted molar refractivity (Wildman–Crippen MR) is 106 cm³/mol. The zero-order chi connectivity index (χ0) is 20.1. The number of hydrogen-bond donors (Lipinski definition) is 1. The molecular weight excluding hydrogens is 400 g/mol. The summed E-state index contributed by atoms with van der Waals surface area (Å²) in [7, 11) is -3.59. The van der Waals surface area contributed by atoms with Crippen LogP contribution in [0.4, 0.5) is 0 Å². The first-order valence-electron chi connectivity index (χ1n) is 9.51. The van der Waals surface area contributed by atoms with Gasteiger partial charge in [0.25, 0.3) is 10.0 Å². The van der Waals surface area contributed by atoms with Gasteiger partial charge in [-0.15, -0.1) is 11.3 Å². The van der Waals surface area contributed by atoms with Crippen LogP contribution in [0.5, 0.6) is 0 Å². The highest BCUT2D eigenvalue weighted by atomic mass is 32.2. The lowest BCUT2D eigenvalue weighted by molar-refractivity contribution is -0.121. The van der Waals surface area contributed by atoms with Crippen LogP contribution in [0.15, 0.2) is 26.2 Å². The van der Waals surface area contributed by atoms with Gasteiger partial charge in [-0.25, -0.2) is 8.42 Å². The Labute approximate surface area is 169 Å². The maximum absolute atomic E-state index is 12.9. The van der Waals surface area contributed by atoms with E-state index in [2.05, 4.69) is 15.5 Å². The topological polar surface area (TPSA) is 105 Å². The number of nitrogens with one attached hydrogen (secondary N) is 1. The molecule has 3 rings (SSSR count). The summed E-state index contributed by atoms with van der Waals surface area (Å²) in [5.41, 5.74) is 0. The van der Waals surface area contributed by atoms with E-state index in [0.29, 0.717) is 48.3 Å². The van der Waals surface area contributed by atoms with Gasteiger partial charge in [-0.2, -0.15) is 9.29 Å². The number of sulfonamides is 1. The van der Waals surface area contributed by atoms with Crippen LogP contribution in [0.3, 0.4) is 0 Å². The fourth-order valence-corrected chi connectivity index (χ4v) is 5.77. The number of thiophene rings is 1. The molecule has 1 unspecified atom stereocenters. The minimum absolute atomic E-state index is 0.00954. The molecule has 154 valence electrons. The Morgan fingerprint density at radius 2 is 2.14 bits per heavy atom. The van der Waals surface area contributed by atoms with Crippen LogP contribution < -0.4 is 5.32 Å². The van der Waals surface area contributed by atoms with Gasteiger partial charge in [0.1, 0.15) is 4.21 Å². The fourth-order valence-electron chi connectivity index (χ4n) is 3.14. The quantitative estimate of drug-likeness (QED) is 0.806. The normalized spacial score (nSPS) is 20.7. The third-order valence-electron chi connectivity index (χ3n) is 4.78. The van der Waals surface area contributed by atoms with E-state index in [1.165, 1.54) is 15.6 Å². The summed E-state index contributed by atoms with van der Waals surface area (Å²) >= 11 is 1.19. The molecule has 1 aliphatic heterocycles. The largest absolute Gasteiger partial charge is 0.356 e. The van der Waals surface area contributed by atoms with Crippen LogP contribution >= 0.6 is 11.3 Å². The van der Waals surface area contributed by atoms with Crippen molar-refractivity contribution in [3.05, 3.63) is 29.2 Å². The summed E-state index contributed by atoms with van der Waals surface area (Å²) in [5, 5.41) is 8.64. The predicted octanol–water partition coefficient (Wildman–Crippen LogP) is 2.72. The molecule has 0 aromatic carbocycles. The minimum Gasteiger partial charge on any atom is -0.356 e. The van der Waals surface area contributed by atoms with Crippen LogP contribution in [0.1, 0.15) is 63.1 Å². The summed E-state index contributed by atoms with van der Waals surface area (Å²) in [6.07, 6.45) is 2.20. The van der Waals surface area contributed by atoms with Crippen molar-refractivity contribution in [1.29, 1.82) is 0 Å². The van der Waals surface area contributed by atoms with Crippen molar-refractivity contribution in [2.24, 2.45) is 0 Å². The number of nitrogens with zero attached hydrogens (tertiary/aromatic N) is 3. The van der Waals surface area contributed by atoms with E-state index in [-0.39, 0.29) is 30.7 Å². The Morgan fingerprint density at radius 1 is 1.32 bits per heavy atom. The van der Waals surface area contributed by atoms with Crippen molar-refractivity contribution >= 4 is 27.3 Å². The molecule has 2 aromatic heterocycles. The molecule has 1 N–H and O–H groups in total. The zero-order valence-corrected chi connectivity index (χ0v) is 17.8. The van der Waals surface area contributed by atoms with Crippen LogP contribution in [-0.4, -0.2) is 48.4 Å². The standard InChI is InChI=1S/C18H26N4O4S2/c1-13(2)17-20-18(26-21-17)14-5-3-10-22(11-8-15(23)19-9-7-14)28(24,25)16-6-4-12-27-16/h4,6,12-14H,3,5,7-11H2,1-2H3,(H,19,23). The summed E-state index contributed by atoms with van der Waals surface area (Å²) in [5.74, 6) is 1.23. The van der Waals surface area contributed by atoms with E-state index < -0.39 is 10.0 Å². The Kier molecular flexibility index (Phi) is 6.84. The van der Waals surface area contributed by atoms with Crippen molar-refractivity contribution in [3.63, 3.8) is 0 Å². The van der Waals surface area contributed by atoms with Crippen molar-refractivity contribution in [1.82, 2.24) is 19.8 Å².